The summed E-state index contributed by atoms with van der Waals surface area (Å²) >= 11 is 0. The third kappa shape index (κ3) is 3.31. The Kier molecular flexibility index (Phi) is 4.21. The van der Waals surface area contributed by atoms with Crippen molar-refractivity contribution in [3.05, 3.63) is 23.5 Å². The van der Waals surface area contributed by atoms with Gasteiger partial charge in [0.1, 0.15) is 0 Å². The molecule has 1 heterocycles. The summed E-state index contributed by atoms with van der Waals surface area (Å²) < 4.78 is 2.05. The third-order valence-corrected chi connectivity index (χ3v) is 2.40. The highest BCUT2D eigenvalue weighted by Gasteiger charge is 2.00. The first-order valence-electron chi connectivity index (χ1n) is 5.24. The van der Waals surface area contributed by atoms with Crippen LogP contribution < -0.4 is 10.7 Å². The molecule has 1 rings (SSSR count). The Labute approximate surface area is 90.6 Å². The zero-order chi connectivity index (χ0) is 11.3. The van der Waals surface area contributed by atoms with E-state index < -0.39 is 0 Å². The smallest absolute Gasteiger partial charge is 0.219 e. The van der Waals surface area contributed by atoms with Crippen molar-refractivity contribution in [2.75, 3.05) is 19.0 Å². The molecule has 0 saturated heterocycles. The maximum Gasteiger partial charge on any atom is 0.219 e. The molecule has 0 unspecified atom stereocenters. The van der Waals surface area contributed by atoms with Crippen LogP contribution in [0.1, 0.15) is 24.2 Å². The predicted molar refractivity (Wildman–Crippen MR) is 61.4 cm³/mol. The van der Waals surface area contributed by atoms with Crippen molar-refractivity contribution < 1.29 is 4.79 Å². The normalized spacial score (nSPS) is 10.1. The Morgan fingerprint density at radius 3 is 2.47 bits per heavy atom. The standard InChI is InChI=1S/C11H19N3O/c1-9-6-7-10(2)14(9)13-8-4-5-11(15)12-3/h6-7,13H,4-5,8H2,1-3H3,(H,12,15). The molecule has 0 saturated carbocycles. The summed E-state index contributed by atoms with van der Waals surface area (Å²) in [5.74, 6) is 0.0951. The van der Waals surface area contributed by atoms with Crippen molar-refractivity contribution >= 4 is 5.91 Å². The van der Waals surface area contributed by atoms with Crippen LogP contribution in [0.25, 0.3) is 0 Å². The summed E-state index contributed by atoms with van der Waals surface area (Å²) in [5, 5.41) is 2.61. The number of carbonyl (C=O) groups is 1. The highest BCUT2D eigenvalue weighted by Crippen LogP contribution is 2.03. The van der Waals surface area contributed by atoms with Gasteiger partial charge in [0.2, 0.25) is 5.91 Å². The summed E-state index contributed by atoms with van der Waals surface area (Å²) in [5.41, 5.74) is 5.65. The lowest BCUT2D eigenvalue weighted by Crippen LogP contribution is -2.22. The zero-order valence-corrected chi connectivity index (χ0v) is 9.63. The minimum atomic E-state index is 0.0951. The second kappa shape index (κ2) is 5.44. The number of hydrogen-bond acceptors (Lipinski definition) is 2. The molecule has 0 spiro atoms. The van der Waals surface area contributed by atoms with E-state index >= 15 is 0 Å². The number of amides is 1. The quantitative estimate of drug-likeness (QED) is 0.715. The number of nitrogens with zero attached hydrogens (tertiary/aromatic N) is 1. The van der Waals surface area contributed by atoms with E-state index in [9.17, 15) is 4.79 Å². The van der Waals surface area contributed by atoms with Crippen LogP contribution in [-0.2, 0) is 4.79 Å². The summed E-state index contributed by atoms with van der Waals surface area (Å²) in [6.07, 6.45) is 1.42. The van der Waals surface area contributed by atoms with Gasteiger partial charge in [0.05, 0.1) is 0 Å². The van der Waals surface area contributed by atoms with Gasteiger partial charge in [-0.2, -0.15) is 0 Å². The SMILES string of the molecule is CNC(=O)CCCNn1c(C)ccc1C. The molecule has 0 fully saturated rings. The fourth-order valence-electron chi connectivity index (χ4n) is 1.48. The maximum absolute atomic E-state index is 11.0. The van der Waals surface area contributed by atoms with Gasteiger partial charge in [-0.25, -0.2) is 0 Å². The van der Waals surface area contributed by atoms with Gasteiger partial charge in [-0.15, -0.1) is 0 Å². The topological polar surface area (TPSA) is 46.1 Å². The fourth-order valence-corrected chi connectivity index (χ4v) is 1.48. The van der Waals surface area contributed by atoms with Gasteiger partial charge in [-0.3, -0.25) is 9.47 Å². The van der Waals surface area contributed by atoms with Crippen molar-refractivity contribution in [2.45, 2.75) is 26.7 Å². The Balaban J connectivity index is 2.29. The Hall–Kier alpha value is -1.45. The molecule has 4 heteroatoms. The highest BCUT2D eigenvalue weighted by molar-refractivity contribution is 5.75. The lowest BCUT2D eigenvalue weighted by atomic mass is 10.3. The molecule has 0 aromatic carbocycles. The van der Waals surface area contributed by atoms with Crippen LogP contribution in [0.2, 0.25) is 0 Å². The van der Waals surface area contributed by atoms with Gasteiger partial charge in [0.15, 0.2) is 0 Å². The van der Waals surface area contributed by atoms with Crippen molar-refractivity contribution in [1.29, 1.82) is 0 Å². The van der Waals surface area contributed by atoms with Gasteiger partial charge in [-0.1, -0.05) is 0 Å². The fraction of sp³-hybridized carbons (Fsp3) is 0.545. The molecule has 1 aromatic heterocycles. The van der Waals surface area contributed by atoms with Crippen LogP contribution in [0, 0.1) is 13.8 Å². The largest absolute Gasteiger partial charge is 0.359 e. The van der Waals surface area contributed by atoms with Gasteiger partial charge in [-0.05, 0) is 32.4 Å². The van der Waals surface area contributed by atoms with Crippen LogP contribution >= 0.6 is 0 Å². The van der Waals surface area contributed by atoms with Crippen molar-refractivity contribution in [3.8, 4) is 0 Å². The summed E-state index contributed by atoms with van der Waals surface area (Å²) in [7, 11) is 1.66. The number of carbonyl (C=O) groups excluding carboxylic acids is 1. The van der Waals surface area contributed by atoms with E-state index in [4.69, 9.17) is 0 Å². The lowest BCUT2D eigenvalue weighted by Gasteiger charge is -2.12. The van der Waals surface area contributed by atoms with Crippen LogP contribution in [0.5, 0.6) is 0 Å². The number of hydrogen-bond donors (Lipinski definition) is 2. The molecule has 4 nitrogen and oxygen atoms in total. The molecular weight excluding hydrogens is 190 g/mol. The average Bonchev–Trinajstić information content (AvgIpc) is 2.54. The predicted octanol–water partition coefficient (Wildman–Crippen LogP) is 1.17. The molecule has 0 atom stereocenters. The zero-order valence-electron chi connectivity index (χ0n) is 9.63. The van der Waals surface area contributed by atoms with E-state index in [1.807, 2.05) is 4.68 Å². The minimum absolute atomic E-state index is 0.0951. The van der Waals surface area contributed by atoms with Crippen LogP contribution in [0.3, 0.4) is 0 Å². The van der Waals surface area contributed by atoms with E-state index in [2.05, 4.69) is 36.7 Å². The molecule has 2 N–H and O–H groups in total. The van der Waals surface area contributed by atoms with Gasteiger partial charge in [0, 0.05) is 31.4 Å². The number of aryl methyl sites for hydroxylation is 2. The molecule has 0 aliphatic heterocycles. The minimum Gasteiger partial charge on any atom is -0.359 e. The van der Waals surface area contributed by atoms with Crippen LogP contribution in [-0.4, -0.2) is 24.2 Å². The first-order chi connectivity index (χ1) is 7.15. The maximum atomic E-state index is 11.0. The molecule has 0 aliphatic carbocycles. The first-order valence-corrected chi connectivity index (χ1v) is 5.24. The Morgan fingerprint density at radius 1 is 1.33 bits per heavy atom. The van der Waals surface area contributed by atoms with Crippen LogP contribution in [0.15, 0.2) is 12.1 Å². The third-order valence-electron chi connectivity index (χ3n) is 2.40. The highest BCUT2D eigenvalue weighted by atomic mass is 16.1. The number of nitrogens with one attached hydrogen (secondary N) is 2. The summed E-state index contributed by atoms with van der Waals surface area (Å²) in [6.45, 7) is 4.92. The monoisotopic (exact) mass is 209 g/mol. The van der Waals surface area contributed by atoms with Crippen molar-refractivity contribution in [1.82, 2.24) is 9.99 Å². The number of rotatable bonds is 5. The number of aromatic nitrogens is 1. The summed E-state index contributed by atoms with van der Waals surface area (Å²) in [4.78, 5) is 11.0. The molecule has 0 radical (unpaired) electrons. The van der Waals surface area contributed by atoms with E-state index in [-0.39, 0.29) is 5.91 Å². The average molecular weight is 209 g/mol. The van der Waals surface area contributed by atoms with E-state index in [1.54, 1.807) is 7.05 Å². The van der Waals surface area contributed by atoms with Crippen LogP contribution in [0.4, 0.5) is 0 Å². The van der Waals surface area contributed by atoms with E-state index in [1.165, 1.54) is 11.4 Å². The molecule has 0 aliphatic rings. The van der Waals surface area contributed by atoms with Gasteiger partial charge in [0.25, 0.3) is 0 Å². The molecule has 1 amide bonds. The van der Waals surface area contributed by atoms with E-state index in [0.29, 0.717) is 6.42 Å². The molecule has 15 heavy (non-hydrogen) atoms. The summed E-state index contributed by atoms with van der Waals surface area (Å²) in [6, 6.07) is 4.14. The lowest BCUT2D eigenvalue weighted by molar-refractivity contribution is -0.120. The first kappa shape index (κ1) is 11.6. The Morgan fingerprint density at radius 2 is 1.93 bits per heavy atom. The molecule has 0 bridgehead atoms. The molecule has 84 valence electrons. The molecular formula is C11H19N3O. The molecule has 1 aromatic rings. The van der Waals surface area contributed by atoms with Crippen molar-refractivity contribution in [2.24, 2.45) is 0 Å². The van der Waals surface area contributed by atoms with Gasteiger partial charge < -0.3 is 10.7 Å². The van der Waals surface area contributed by atoms with E-state index in [0.717, 1.165) is 13.0 Å². The van der Waals surface area contributed by atoms with Gasteiger partial charge >= 0.3 is 0 Å². The second-order valence-electron chi connectivity index (χ2n) is 3.64. The van der Waals surface area contributed by atoms with Crippen molar-refractivity contribution in [3.63, 3.8) is 0 Å². The Bertz CT molecular complexity index is 311. The second-order valence-corrected chi connectivity index (χ2v) is 3.64.